The summed E-state index contributed by atoms with van der Waals surface area (Å²) in [5.41, 5.74) is 10.4. The highest BCUT2D eigenvalue weighted by atomic mass is 14.9. The van der Waals surface area contributed by atoms with Crippen molar-refractivity contribution in [2.45, 2.75) is 26.7 Å². The fourth-order valence-electron chi connectivity index (χ4n) is 2.44. The van der Waals surface area contributed by atoms with E-state index in [0.29, 0.717) is 11.4 Å². The number of pyridine rings is 1. The third-order valence-corrected chi connectivity index (χ3v) is 3.34. The number of aromatic nitrogens is 2. The van der Waals surface area contributed by atoms with Crippen LogP contribution < -0.4 is 5.73 Å². The van der Waals surface area contributed by atoms with Crippen molar-refractivity contribution in [1.82, 2.24) is 9.55 Å². The molecule has 4 heteroatoms. The summed E-state index contributed by atoms with van der Waals surface area (Å²) in [5.74, 6) is 0.316. The Morgan fingerprint density at radius 3 is 2.74 bits per heavy atom. The van der Waals surface area contributed by atoms with Crippen LogP contribution in [0.5, 0.6) is 0 Å². The maximum atomic E-state index is 9.39. The molecule has 0 bridgehead atoms. The molecule has 0 saturated carbocycles. The zero-order valence-corrected chi connectivity index (χ0v) is 11.6. The molecule has 2 aromatic rings. The van der Waals surface area contributed by atoms with Gasteiger partial charge in [0.1, 0.15) is 17.5 Å². The second kappa shape index (κ2) is 5.15. The summed E-state index contributed by atoms with van der Waals surface area (Å²) >= 11 is 0. The second-order valence-corrected chi connectivity index (χ2v) is 4.68. The molecule has 0 saturated heterocycles. The maximum absolute atomic E-state index is 9.39. The van der Waals surface area contributed by atoms with Crippen molar-refractivity contribution in [3.05, 3.63) is 35.2 Å². The van der Waals surface area contributed by atoms with Crippen LogP contribution in [0.4, 0.5) is 5.82 Å². The molecule has 0 aliphatic carbocycles. The van der Waals surface area contributed by atoms with Gasteiger partial charge in [-0.1, -0.05) is 13.3 Å². The highest BCUT2D eigenvalue weighted by Crippen LogP contribution is 2.32. The summed E-state index contributed by atoms with van der Waals surface area (Å²) in [6, 6.07) is 6.18. The van der Waals surface area contributed by atoms with Gasteiger partial charge >= 0.3 is 0 Å². The van der Waals surface area contributed by atoms with Crippen LogP contribution in [0.2, 0.25) is 0 Å². The summed E-state index contributed by atoms with van der Waals surface area (Å²) in [5, 5.41) is 9.39. The van der Waals surface area contributed by atoms with E-state index in [4.69, 9.17) is 5.73 Å². The van der Waals surface area contributed by atoms with Crippen LogP contribution in [0.3, 0.4) is 0 Å². The third-order valence-electron chi connectivity index (χ3n) is 3.34. The van der Waals surface area contributed by atoms with Crippen LogP contribution in [-0.4, -0.2) is 9.55 Å². The zero-order valence-electron chi connectivity index (χ0n) is 11.6. The van der Waals surface area contributed by atoms with E-state index in [1.807, 2.05) is 36.9 Å². The molecular formula is C15H18N4. The minimum absolute atomic E-state index is 0.316. The van der Waals surface area contributed by atoms with E-state index in [1.54, 1.807) is 0 Å². The van der Waals surface area contributed by atoms with Crippen LogP contribution in [0, 0.1) is 18.3 Å². The van der Waals surface area contributed by atoms with Crippen molar-refractivity contribution in [3.8, 4) is 17.3 Å². The van der Waals surface area contributed by atoms with Gasteiger partial charge in [0.15, 0.2) is 0 Å². The molecule has 0 fully saturated rings. The molecule has 98 valence electrons. The molecule has 0 aliphatic heterocycles. The Bertz CT molecular complexity index is 647. The van der Waals surface area contributed by atoms with E-state index in [9.17, 15) is 5.26 Å². The van der Waals surface area contributed by atoms with E-state index in [-0.39, 0.29) is 0 Å². The monoisotopic (exact) mass is 254 g/mol. The Hall–Kier alpha value is -2.28. The van der Waals surface area contributed by atoms with Crippen LogP contribution in [-0.2, 0) is 13.5 Å². The lowest BCUT2D eigenvalue weighted by Crippen LogP contribution is -2.07. The molecule has 2 heterocycles. The van der Waals surface area contributed by atoms with Gasteiger partial charge in [-0.3, -0.25) is 0 Å². The van der Waals surface area contributed by atoms with Crippen molar-refractivity contribution in [3.63, 3.8) is 0 Å². The molecule has 0 aromatic carbocycles. The van der Waals surface area contributed by atoms with Crippen LogP contribution in [0.1, 0.15) is 30.2 Å². The Labute approximate surface area is 113 Å². The van der Waals surface area contributed by atoms with Crippen molar-refractivity contribution in [2.24, 2.45) is 7.05 Å². The Balaban J connectivity index is 2.82. The molecule has 0 spiro atoms. The van der Waals surface area contributed by atoms with Gasteiger partial charge in [-0.05, 0) is 31.0 Å². The lowest BCUT2D eigenvalue weighted by Gasteiger charge is -2.15. The van der Waals surface area contributed by atoms with Crippen LogP contribution in [0.25, 0.3) is 11.3 Å². The molecule has 2 rings (SSSR count). The summed E-state index contributed by atoms with van der Waals surface area (Å²) < 4.78 is 2.01. The smallest absolute Gasteiger partial charge is 0.142 e. The first-order chi connectivity index (χ1) is 9.10. The molecule has 0 radical (unpaired) electrons. The van der Waals surface area contributed by atoms with Crippen molar-refractivity contribution in [1.29, 1.82) is 5.26 Å². The summed E-state index contributed by atoms with van der Waals surface area (Å²) in [6.07, 6.45) is 3.88. The number of nitrogens with two attached hydrogens (primary N) is 1. The first kappa shape index (κ1) is 13.2. The van der Waals surface area contributed by atoms with Gasteiger partial charge in [0.25, 0.3) is 0 Å². The number of nitriles is 1. The van der Waals surface area contributed by atoms with E-state index >= 15 is 0 Å². The Kier molecular flexibility index (Phi) is 3.57. The fraction of sp³-hybridized carbons (Fsp3) is 0.333. The highest BCUT2D eigenvalue weighted by Gasteiger charge is 2.18. The normalized spacial score (nSPS) is 10.4. The SMILES string of the molecule is CCCc1c(C)nc(N)c(C#N)c1-c1cccn1C. The number of hydrogen-bond acceptors (Lipinski definition) is 3. The molecule has 4 nitrogen and oxygen atoms in total. The lowest BCUT2D eigenvalue weighted by atomic mass is 9.95. The Morgan fingerprint density at radius 1 is 1.47 bits per heavy atom. The molecule has 0 amide bonds. The van der Waals surface area contributed by atoms with Gasteiger partial charge in [0.05, 0.1) is 0 Å². The molecule has 0 atom stereocenters. The first-order valence-corrected chi connectivity index (χ1v) is 6.40. The van der Waals surface area contributed by atoms with Crippen LogP contribution >= 0.6 is 0 Å². The number of aryl methyl sites for hydroxylation is 2. The average Bonchev–Trinajstić information content (AvgIpc) is 2.78. The van der Waals surface area contributed by atoms with E-state index in [0.717, 1.165) is 35.4 Å². The minimum Gasteiger partial charge on any atom is -0.383 e. The number of hydrogen-bond donors (Lipinski definition) is 1. The second-order valence-electron chi connectivity index (χ2n) is 4.68. The third kappa shape index (κ3) is 2.19. The van der Waals surface area contributed by atoms with Crippen molar-refractivity contribution in [2.75, 3.05) is 5.73 Å². The van der Waals surface area contributed by atoms with E-state index in [2.05, 4.69) is 18.0 Å². The standard InChI is InChI=1S/C15H18N4/c1-4-6-11-10(2)18-15(17)12(9-16)14(11)13-7-5-8-19(13)3/h5,7-8H,4,6H2,1-3H3,(H2,17,18). The van der Waals surface area contributed by atoms with Gasteiger partial charge in [0.2, 0.25) is 0 Å². The highest BCUT2D eigenvalue weighted by molar-refractivity contribution is 5.77. The molecule has 0 aliphatic rings. The van der Waals surface area contributed by atoms with Gasteiger partial charge in [-0.25, -0.2) is 4.98 Å². The summed E-state index contributed by atoms with van der Waals surface area (Å²) in [7, 11) is 1.97. The number of anilines is 1. The Morgan fingerprint density at radius 2 is 2.21 bits per heavy atom. The van der Waals surface area contributed by atoms with Crippen molar-refractivity contribution >= 4 is 5.82 Å². The summed E-state index contributed by atoms with van der Waals surface area (Å²) in [4.78, 5) is 4.31. The van der Waals surface area contributed by atoms with E-state index in [1.165, 1.54) is 0 Å². The predicted octanol–water partition coefficient (Wildman–Crippen LogP) is 2.80. The molecular weight excluding hydrogens is 236 g/mol. The van der Waals surface area contributed by atoms with Gasteiger partial charge in [-0.2, -0.15) is 5.26 Å². The topological polar surface area (TPSA) is 67.6 Å². The molecule has 19 heavy (non-hydrogen) atoms. The van der Waals surface area contributed by atoms with Gasteiger partial charge in [0, 0.05) is 30.2 Å². The lowest BCUT2D eigenvalue weighted by molar-refractivity contribution is 0.888. The van der Waals surface area contributed by atoms with Gasteiger partial charge < -0.3 is 10.3 Å². The van der Waals surface area contributed by atoms with Crippen molar-refractivity contribution < 1.29 is 0 Å². The number of nitrogens with zero attached hydrogens (tertiary/aromatic N) is 3. The quantitative estimate of drug-likeness (QED) is 0.915. The summed E-state index contributed by atoms with van der Waals surface area (Å²) in [6.45, 7) is 4.07. The largest absolute Gasteiger partial charge is 0.383 e. The number of nitrogen functional groups attached to an aromatic ring is 1. The minimum atomic E-state index is 0.316. The average molecular weight is 254 g/mol. The fourth-order valence-corrected chi connectivity index (χ4v) is 2.44. The predicted molar refractivity (Wildman–Crippen MR) is 76.5 cm³/mol. The number of rotatable bonds is 3. The molecule has 2 N–H and O–H groups in total. The molecule has 2 aromatic heterocycles. The van der Waals surface area contributed by atoms with Gasteiger partial charge in [-0.15, -0.1) is 0 Å². The van der Waals surface area contributed by atoms with E-state index < -0.39 is 0 Å². The van der Waals surface area contributed by atoms with Crippen LogP contribution in [0.15, 0.2) is 18.3 Å². The molecule has 0 unspecified atom stereocenters. The maximum Gasteiger partial charge on any atom is 0.142 e. The first-order valence-electron chi connectivity index (χ1n) is 6.40. The zero-order chi connectivity index (χ0) is 14.0.